The molecule has 1 saturated heterocycles. The first-order chi connectivity index (χ1) is 12.8. The summed E-state index contributed by atoms with van der Waals surface area (Å²) >= 11 is 1.44. The number of carbonyl (C=O) groups excluding carboxylic acids is 1. The maximum Gasteiger partial charge on any atom is 0.253 e. The molecule has 0 bridgehead atoms. The van der Waals surface area contributed by atoms with Gasteiger partial charge in [-0.25, -0.2) is 4.98 Å². The molecule has 4 rings (SSSR count). The van der Waals surface area contributed by atoms with Crippen LogP contribution in [0.4, 0.5) is 5.13 Å². The molecule has 0 radical (unpaired) electrons. The Hall–Kier alpha value is -2.73. The highest BCUT2D eigenvalue weighted by Crippen LogP contribution is 2.21. The Kier molecular flexibility index (Phi) is 4.93. The van der Waals surface area contributed by atoms with Crippen LogP contribution < -0.4 is 4.90 Å². The number of hydrogen-bond donors (Lipinski definition) is 0. The molecule has 1 aromatic heterocycles. The van der Waals surface area contributed by atoms with Crippen molar-refractivity contribution in [1.29, 1.82) is 0 Å². The van der Waals surface area contributed by atoms with Gasteiger partial charge in [-0.05, 0) is 17.7 Å². The highest BCUT2D eigenvalue weighted by molar-refractivity contribution is 7.09. The largest absolute Gasteiger partial charge is 0.343 e. The predicted molar refractivity (Wildman–Crippen MR) is 104 cm³/mol. The molecule has 26 heavy (non-hydrogen) atoms. The van der Waals surface area contributed by atoms with Crippen molar-refractivity contribution < 1.29 is 4.79 Å². The third kappa shape index (κ3) is 3.75. The number of hydrogen-bond acceptors (Lipinski definition) is 5. The van der Waals surface area contributed by atoms with Gasteiger partial charge in [0.1, 0.15) is 5.82 Å². The molecule has 1 amide bonds. The Morgan fingerprint density at radius 2 is 1.58 bits per heavy atom. The first kappa shape index (κ1) is 16.7. The molecule has 0 saturated carbocycles. The zero-order chi connectivity index (χ0) is 17.8. The Labute approximate surface area is 157 Å². The average molecular weight is 364 g/mol. The number of benzene rings is 2. The van der Waals surface area contributed by atoms with E-state index in [4.69, 9.17) is 0 Å². The van der Waals surface area contributed by atoms with E-state index in [-0.39, 0.29) is 5.91 Å². The number of aromatic nitrogens is 2. The fourth-order valence-electron chi connectivity index (χ4n) is 3.09. The van der Waals surface area contributed by atoms with Crippen LogP contribution in [-0.4, -0.2) is 46.3 Å². The second kappa shape index (κ2) is 7.66. The lowest BCUT2D eigenvalue weighted by Gasteiger charge is -2.34. The number of amides is 1. The first-order valence-electron chi connectivity index (χ1n) is 8.75. The number of piperazine rings is 1. The second-order valence-corrected chi connectivity index (χ2v) is 7.03. The van der Waals surface area contributed by atoms with E-state index < -0.39 is 0 Å². The van der Waals surface area contributed by atoms with Gasteiger partial charge in [0.15, 0.2) is 0 Å². The molecule has 1 aliphatic rings. The van der Waals surface area contributed by atoms with Crippen molar-refractivity contribution in [3.05, 3.63) is 77.6 Å². The van der Waals surface area contributed by atoms with E-state index in [0.717, 1.165) is 36.0 Å². The molecular formula is C20H20N4OS. The van der Waals surface area contributed by atoms with Crippen LogP contribution in [0.3, 0.4) is 0 Å². The molecule has 1 aliphatic heterocycles. The summed E-state index contributed by atoms with van der Waals surface area (Å²) in [7, 11) is 0. The lowest BCUT2D eigenvalue weighted by molar-refractivity contribution is 0.0747. The van der Waals surface area contributed by atoms with E-state index >= 15 is 0 Å². The van der Waals surface area contributed by atoms with Crippen molar-refractivity contribution in [2.45, 2.75) is 6.42 Å². The van der Waals surface area contributed by atoms with Crippen molar-refractivity contribution in [1.82, 2.24) is 14.3 Å². The van der Waals surface area contributed by atoms with E-state index in [0.29, 0.717) is 13.1 Å². The number of rotatable bonds is 4. The molecule has 3 aromatic rings. The highest BCUT2D eigenvalue weighted by Gasteiger charge is 2.24. The van der Waals surface area contributed by atoms with Crippen molar-refractivity contribution in [2.75, 3.05) is 31.1 Å². The number of carbonyl (C=O) groups is 1. The van der Waals surface area contributed by atoms with E-state index in [1.165, 1.54) is 17.1 Å². The second-order valence-electron chi connectivity index (χ2n) is 6.30. The van der Waals surface area contributed by atoms with Gasteiger partial charge in [0.05, 0.1) is 0 Å². The topological polar surface area (TPSA) is 49.3 Å². The Morgan fingerprint density at radius 1 is 0.923 bits per heavy atom. The van der Waals surface area contributed by atoms with Crippen molar-refractivity contribution in [3.8, 4) is 0 Å². The number of nitrogens with zero attached hydrogens (tertiary/aromatic N) is 4. The highest BCUT2D eigenvalue weighted by atomic mass is 32.1. The SMILES string of the molecule is O=C(c1ccccc1)N1CCN(c2nc(Cc3ccccc3)ns2)CC1. The van der Waals surface area contributed by atoms with Gasteiger partial charge in [-0.2, -0.15) is 4.37 Å². The number of anilines is 1. The van der Waals surface area contributed by atoms with Crippen LogP contribution >= 0.6 is 11.5 Å². The molecule has 0 atom stereocenters. The predicted octanol–water partition coefficient (Wildman–Crippen LogP) is 3.09. The molecule has 6 heteroatoms. The van der Waals surface area contributed by atoms with Gasteiger partial charge >= 0.3 is 0 Å². The summed E-state index contributed by atoms with van der Waals surface area (Å²) in [6.45, 7) is 3.00. The molecule has 132 valence electrons. The molecule has 0 aliphatic carbocycles. The Balaban J connectivity index is 1.36. The monoisotopic (exact) mass is 364 g/mol. The van der Waals surface area contributed by atoms with Crippen molar-refractivity contribution >= 4 is 22.6 Å². The van der Waals surface area contributed by atoms with Crippen molar-refractivity contribution in [3.63, 3.8) is 0 Å². The van der Waals surface area contributed by atoms with E-state index in [1.807, 2.05) is 53.4 Å². The van der Waals surface area contributed by atoms with Crippen molar-refractivity contribution in [2.24, 2.45) is 0 Å². The first-order valence-corrected chi connectivity index (χ1v) is 9.53. The van der Waals surface area contributed by atoms with E-state index in [1.54, 1.807) is 0 Å². The summed E-state index contributed by atoms with van der Waals surface area (Å²) in [5.41, 5.74) is 1.97. The van der Waals surface area contributed by atoms with Crippen LogP contribution in [-0.2, 0) is 6.42 Å². The average Bonchev–Trinajstić information content (AvgIpc) is 3.17. The van der Waals surface area contributed by atoms with Gasteiger partial charge < -0.3 is 9.80 Å². The van der Waals surface area contributed by atoms with Gasteiger partial charge in [0.2, 0.25) is 5.13 Å². The molecule has 0 spiro atoms. The maximum atomic E-state index is 12.5. The Morgan fingerprint density at radius 3 is 2.27 bits per heavy atom. The van der Waals surface area contributed by atoms with Gasteiger partial charge in [-0.3, -0.25) is 4.79 Å². The standard InChI is InChI=1S/C20H20N4OS/c25-19(17-9-5-2-6-10-17)23-11-13-24(14-12-23)20-21-18(22-26-20)15-16-7-3-1-4-8-16/h1-10H,11-15H2. The minimum atomic E-state index is 0.104. The van der Waals surface area contributed by atoms with Crippen LogP contribution in [0.25, 0.3) is 0 Å². The summed E-state index contributed by atoms with van der Waals surface area (Å²) < 4.78 is 4.50. The quantitative estimate of drug-likeness (QED) is 0.714. The van der Waals surface area contributed by atoms with Crippen LogP contribution in [0.2, 0.25) is 0 Å². The lowest BCUT2D eigenvalue weighted by atomic mass is 10.1. The molecule has 1 fully saturated rings. The fraction of sp³-hybridized carbons (Fsp3) is 0.250. The lowest BCUT2D eigenvalue weighted by Crippen LogP contribution is -2.48. The van der Waals surface area contributed by atoms with Crippen LogP contribution in [0.15, 0.2) is 60.7 Å². The van der Waals surface area contributed by atoms with Crippen LogP contribution in [0.1, 0.15) is 21.7 Å². The normalized spacial score (nSPS) is 14.5. The zero-order valence-corrected chi connectivity index (χ0v) is 15.2. The molecule has 2 heterocycles. The summed E-state index contributed by atoms with van der Waals surface area (Å²) in [5.74, 6) is 0.964. The van der Waals surface area contributed by atoms with Gasteiger partial charge in [0.25, 0.3) is 5.91 Å². The van der Waals surface area contributed by atoms with Gasteiger partial charge in [-0.1, -0.05) is 48.5 Å². The molecule has 0 N–H and O–H groups in total. The zero-order valence-electron chi connectivity index (χ0n) is 14.4. The summed E-state index contributed by atoms with van der Waals surface area (Å²) in [4.78, 5) is 21.4. The van der Waals surface area contributed by atoms with E-state index in [2.05, 4.69) is 26.4 Å². The van der Waals surface area contributed by atoms with E-state index in [9.17, 15) is 4.79 Å². The smallest absolute Gasteiger partial charge is 0.253 e. The minimum absolute atomic E-state index is 0.104. The molecule has 5 nitrogen and oxygen atoms in total. The molecule has 0 unspecified atom stereocenters. The maximum absolute atomic E-state index is 12.5. The van der Waals surface area contributed by atoms with Gasteiger partial charge in [-0.15, -0.1) is 0 Å². The molecule has 2 aromatic carbocycles. The third-order valence-electron chi connectivity index (χ3n) is 4.52. The van der Waals surface area contributed by atoms with Gasteiger partial charge in [0, 0.05) is 49.7 Å². The Bertz CT molecular complexity index is 858. The summed E-state index contributed by atoms with van der Waals surface area (Å²) in [6, 6.07) is 19.7. The summed E-state index contributed by atoms with van der Waals surface area (Å²) in [6.07, 6.45) is 0.754. The fourth-order valence-corrected chi connectivity index (χ4v) is 3.82. The third-order valence-corrected chi connectivity index (χ3v) is 5.34. The van der Waals surface area contributed by atoms with Crippen LogP contribution in [0.5, 0.6) is 0 Å². The molecular weight excluding hydrogens is 344 g/mol. The van der Waals surface area contributed by atoms with Crippen LogP contribution in [0, 0.1) is 0 Å². The minimum Gasteiger partial charge on any atom is -0.343 e. The summed E-state index contributed by atoms with van der Waals surface area (Å²) in [5, 5.41) is 0.947.